The Bertz CT molecular complexity index is 420. The Hall–Kier alpha value is -1.42. The zero-order valence-electron chi connectivity index (χ0n) is 12.0. The molecule has 0 saturated carbocycles. The Morgan fingerprint density at radius 1 is 1.26 bits per heavy atom. The van der Waals surface area contributed by atoms with Gasteiger partial charge < -0.3 is 19.5 Å². The summed E-state index contributed by atoms with van der Waals surface area (Å²) in [6.07, 6.45) is 1.12. The fraction of sp³-hybridized carbons (Fsp3) is 0.600. The Morgan fingerprint density at radius 3 is 2.68 bits per heavy atom. The third-order valence-electron chi connectivity index (χ3n) is 3.34. The van der Waals surface area contributed by atoms with Crippen LogP contribution in [-0.2, 0) is 6.54 Å². The molecule has 106 valence electrons. The van der Waals surface area contributed by atoms with Gasteiger partial charge in [0.25, 0.3) is 0 Å². The minimum Gasteiger partial charge on any atom is -0.493 e. The molecular weight excluding hydrogens is 242 g/mol. The van der Waals surface area contributed by atoms with E-state index in [-0.39, 0.29) is 0 Å². The molecule has 0 radical (unpaired) electrons. The summed E-state index contributed by atoms with van der Waals surface area (Å²) < 4.78 is 16.8. The minimum absolute atomic E-state index is 0.296. The topological polar surface area (TPSA) is 39.7 Å². The lowest BCUT2D eigenvalue weighted by Crippen LogP contribution is -2.14. The molecule has 0 spiro atoms. The minimum atomic E-state index is 0.296. The molecule has 1 heterocycles. The summed E-state index contributed by atoms with van der Waals surface area (Å²) in [4.78, 5) is 0. The predicted molar refractivity (Wildman–Crippen MR) is 74.9 cm³/mol. The monoisotopic (exact) mass is 265 g/mol. The van der Waals surface area contributed by atoms with Crippen LogP contribution in [-0.4, -0.2) is 19.9 Å². The molecule has 0 saturated heterocycles. The van der Waals surface area contributed by atoms with Crippen LogP contribution in [0.4, 0.5) is 0 Å². The zero-order chi connectivity index (χ0) is 13.7. The van der Waals surface area contributed by atoms with Gasteiger partial charge in [0, 0.05) is 18.2 Å². The number of fused-ring (bicyclic) bond motifs is 1. The van der Waals surface area contributed by atoms with Crippen LogP contribution >= 0.6 is 0 Å². The van der Waals surface area contributed by atoms with E-state index in [4.69, 9.17) is 14.2 Å². The molecule has 4 heteroatoms. The number of nitrogens with one attached hydrogen (secondary N) is 1. The summed E-state index contributed by atoms with van der Waals surface area (Å²) in [5.74, 6) is 3.03. The molecule has 0 amide bonds. The van der Waals surface area contributed by atoms with E-state index in [1.54, 1.807) is 0 Å². The van der Waals surface area contributed by atoms with Crippen LogP contribution < -0.4 is 19.5 Å². The maximum Gasteiger partial charge on any atom is 0.231 e. The number of rotatable bonds is 7. The van der Waals surface area contributed by atoms with E-state index in [2.05, 4.69) is 26.1 Å². The molecule has 1 unspecified atom stereocenters. The Labute approximate surface area is 115 Å². The third kappa shape index (κ3) is 3.53. The van der Waals surface area contributed by atoms with Gasteiger partial charge in [0.05, 0.1) is 6.61 Å². The number of benzene rings is 1. The molecule has 4 nitrogen and oxygen atoms in total. The lowest BCUT2D eigenvalue weighted by Gasteiger charge is -2.15. The van der Waals surface area contributed by atoms with Crippen molar-refractivity contribution in [2.75, 3.05) is 19.9 Å². The summed E-state index contributed by atoms with van der Waals surface area (Å²) in [7, 11) is 0. The van der Waals surface area contributed by atoms with Crippen molar-refractivity contribution in [1.82, 2.24) is 5.32 Å². The second kappa shape index (κ2) is 6.66. The van der Waals surface area contributed by atoms with Crippen molar-refractivity contribution in [3.05, 3.63) is 17.7 Å². The van der Waals surface area contributed by atoms with Crippen molar-refractivity contribution < 1.29 is 14.2 Å². The van der Waals surface area contributed by atoms with Crippen molar-refractivity contribution in [3.63, 3.8) is 0 Å². The largest absolute Gasteiger partial charge is 0.493 e. The van der Waals surface area contributed by atoms with Crippen LogP contribution in [0.15, 0.2) is 12.1 Å². The highest BCUT2D eigenvalue weighted by Crippen LogP contribution is 2.38. The first kappa shape index (κ1) is 14.0. The lowest BCUT2D eigenvalue weighted by atomic mass is 10.1. The molecule has 1 aliphatic heterocycles. The maximum absolute atomic E-state index is 5.94. The van der Waals surface area contributed by atoms with E-state index in [0.29, 0.717) is 12.7 Å². The van der Waals surface area contributed by atoms with Gasteiger partial charge in [0.2, 0.25) is 6.79 Å². The van der Waals surface area contributed by atoms with Gasteiger partial charge in [-0.3, -0.25) is 0 Å². The van der Waals surface area contributed by atoms with Crippen LogP contribution in [0.3, 0.4) is 0 Å². The molecule has 0 aliphatic carbocycles. The fourth-order valence-corrected chi connectivity index (χ4v) is 1.85. The number of hydrogen-bond donors (Lipinski definition) is 1. The summed E-state index contributed by atoms with van der Waals surface area (Å²) >= 11 is 0. The second-order valence-corrected chi connectivity index (χ2v) is 4.92. The van der Waals surface area contributed by atoms with Gasteiger partial charge in [0.15, 0.2) is 11.5 Å². The van der Waals surface area contributed by atoms with E-state index in [9.17, 15) is 0 Å². The smallest absolute Gasteiger partial charge is 0.231 e. The van der Waals surface area contributed by atoms with Crippen LogP contribution in [0, 0.1) is 5.92 Å². The first-order valence-corrected chi connectivity index (χ1v) is 7.00. The van der Waals surface area contributed by atoms with Crippen LogP contribution in [0.5, 0.6) is 17.2 Å². The quantitative estimate of drug-likeness (QED) is 0.823. The lowest BCUT2D eigenvalue weighted by molar-refractivity contribution is 0.173. The fourth-order valence-electron chi connectivity index (χ4n) is 1.85. The van der Waals surface area contributed by atoms with Crippen molar-refractivity contribution >= 4 is 0 Å². The Balaban J connectivity index is 2.13. The molecule has 1 N–H and O–H groups in total. The van der Waals surface area contributed by atoms with E-state index in [0.717, 1.165) is 48.9 Å². The van der Waals surface area contributed by atoms with Crippen LogP contribution in [0.2, 0.25) is 0 Å². The second-order valence-electron chi connectivity index (χ2n) is 4.92. The van der Waals surface area contributed by atoms with Crippen molar-refractivity contribution in [3.8, 4) is 17.2 Å². The standard InChI is InChI=1S/C15H23NO3/c1-4-11(3)9-17-13-7-15-14(18-10-19-15)6-12(13)8-16-5-2/h6-7,11,16H,4-5,8-10H2,1-3H3. The molecule has 1 aliphatic rings. The van der Waals surface area contributed by atoms with Gasteiger partial charge >= 0.3 is 0 Å². The molecule has 19 heavy (non-hydrogen) atoms. The molecule has 1 aromatic carbocycles. The zero-order valence-corrected chi connectivity index (χ0v) is 12.0. The van der Waals surface area contributed by atoms with E-state index < -0.39 is 0 Å². The molecule has 0 bridgehead atoms. The van der Waals surface area contributed by atoms with Crippen molar-refractivity contribution in [1.29, 1.82) is 0 Å². The normalized spacial score (nSPS) is 14.5. The number of ether oxygens (including phenoxy) is 3. The molecule has 1 aromatic rings. The van der Waals surface area contributed by atoms with Crippen molar-refractivity contribution in [2.45, 2.75) is 33.7 Å². The first-order chi connectivity index (χ1) is 9.24. The Kier molecular flexibility index (Phi) is 4.91. The first-order valence-electron chi connectivity index (χ1n) is 7.00. The highest BCUT2D eigenvalue weighted by molar-refractivity contribution is 5.51. The Morgan fingerprint density at radius 2 is 2.00 bits per heavy atom. The summed E-state index contributed by atoms with van der Waals surface area (Å²) in [5, 5.41) is 3.32. The van der Waals surface area contributed by atoms with Gasteiger partial charge in [-0.05, 0) is 18.5 Å². The third-order valence-corrected chi connectivity index (χ3v) is 3.34. The number of hydrogen-bond acceptors (Lipinski definition) is 4. The summed E-state index contributed by atoms with van der Waals surface area (Å²) in [5.41, 5.74) is 1.12. The molecule has 2 rings (SSSR count). The summed E-state index contributed by atoms with van der Waals surface area (Å²) in [6.45, 7) is 9.19. The maximum atomic E-state index is 5.94. The van der Waals surface area contributed by atoms with Crippen LogP contribution in [0.1, 0.15) is 32.8 Å². The van der Waals surface area contributed by atoms with Gasteiger partial charge in [-0.15, -0.1) is 0 Å². The van der Waals surface area contributed by atoms with E-state index >= 15 is 0 Å². The van der Waals surface area contributed by atoms with Crippen molar-refractivity contribution in [2.24, 2.45) is 5.92 Å². The molecule has 1 atom stereocenters. The van der Waals surface area contributed by atoms with Crippen LogP contribution in [0.25, 0.3) is 0 Å². The van der Waals surface area contributed by atoms with Gasteiger partial charge in [-0.2, -0.15) is 0 Å². The molecule has 0 fully saturated rings. The molecular formula is C15H23NO3. The summed E-state index contributed by atoms with van der Waals surface area (Å²) in [6, 6.07) is 3.95. The van der Waals surface area contributed by atoms with Gasteiger partial charge in [0.1, 0.15) is 5.75 Å². The van der Waals surface area contributed by atoms with E-state index in [1.807, 2.05) is 12.1 Å². The van der Waals surface area contributed by atoms with Gasteiger partial charge in [-0.1, -0.05) is 27.2 Å². The highest BCUT2D eigenvalue weighted by atomic mass is 16.7. The SMILES string of the molecule is CCNCc1cc2c(cc1OCC(C)CC)OCO2. The van der Waals surface area contributed by atoms with E-state index in [1.165, 1.54) is 0 Å². The average Bonchev–Trinajstić information content (AvgIpc) is 2.88. The highest BCUT2D eigenvalue weighted by Gasteiger charge is 2.18. The molecule has 0 aromatic heterocycles. The predicted octanol–water partition coefficient (Wildman–Crippen LogP) is 2.95. The van der Waals surface area contributed by atoms with Gasteiger partial charge in [-0.25, -0.2) is 0 Å². The average molecular weight is 265 g/mol.